The minimum atomic E-state index is -1.03. The summed E-state index contributed by atoms with van der Waals surface area (Å²) in [5.74, 6) is 8.38. The number of hydrogen-bond donors (Lipinski definition) is 2. The molecule has 121 heavy (non-hydrogen) atoms. The molecule has 0 amide bonds. The van der Waals surface area contributed by atoms with Crippen LogP contribution in [0.2, 0.25) is 0 Å². The predicted octanol–water partition coefficient (Wildman–Crippen LogP) is 20.5. The maximum atomic E-state index is 13.4. The summed E-state index contributed by atoms with van der Waals surface area (Å²) < 4.78 is 18.6. The van der Waals surface area contributed by atoms with Crippen molar-refractivity contribution in [1.82, 2.24) is 9.80 Å². The Labute approximate surface area is 753 Å². The van der Waals surface area contributed by atoms with E-state index in [0.717, 1.165) is 146 Å². The van der Waals surface area contributed by atoms with Crippen LogP contribution < -0.4 is 5.73 Å². The van der Waals surface area contributed by atoms with Gasteiger partial charge in [0.25, 0.3) is 0 Å². The van der Waals surface area contributed by atoms with Gasteiger partial charge in [0.1, 0.15) is 53.0 Å². The highest BCUT2D eigenvalue weighted by atomic mass is 32.1. The molecule has 0 saturated heterocycles. The molecule has 3 N–H and O–H groups in total. The lowest BCUT2D eigenvalue weighted by molar-refractivity contribution is -0.169. The van der Waals surface area contributed by atoms with Gasteiger partial charge >= 0.3 is 23.9 Å². The number of carbonyl (C=O) groups excluding carboxylic acids is 9. The minimum Gasteiger partial charge on any atom is -0.481 e. The number of ketones is 6. The Balaban J connectivity index is 0.000000247. The zero-order valence-corrected chi connectivity index (χ0v) is 82.2. The van der Waals surface area contributed by atoms with Gasteiger partial charge in [-0.05, 0) is 382 Å². The lowest BCUT2D eigenvalue weighted by Gasteiger charge is -2.61. The van der Waals surface area contributed by atoms with Gasteiger partial charge in [-0.25, -0.2) is 0 Å². The van der Waals surface area contributed by atoms with Crippen molar-refractivity contribution in [1.29, 1.82) is 0 Å². The minimum absolute atomic E-state index is 0. The van der Waals surface area contributed by atoms with Crippen LogP contribution in [0, 0.1) is 157 Å². The van der Waals surface area contributed by atoms with Gasteiger partial charge in [0, 0.05) is 62.3 Å². The van der Waals surface area contributed by atoms with Crippen molar-refractivity contribution >= 4 is 99.1 Å². The van der Waals surface area contributed by atoms with E-state index in [1.165, 1.54) is 89.9 Å². The van der Waals surface area contributed by atoms with Crippen LogP contribution in [-0.4, -0.2) is 139 Å². The fraction of sp³-hybridized carbons (Fsp3) is 0.901. The Bertz CT molecular complexity index is 3500. The van der Waals surface area contributed by atoms with Gasteiger partial charge in [-0.2, -0.15) is 40.5 Å². The molecule has 694 valence electrons. The van der Waals surface area contributed by atoms with Crippen molar-refractivity contribution < 1.29 is 67.3 Å². The van der Waals surface area contributed by atoms with Crippen molar-refractivity contribution in [3.63, 3.8) is 0 Å². The zero-order valence-electron chi connectivity index (χ0n) is 79.2. The normalized spacial score (nSPS) is 37.8. The Kier molecular flexibility index (Phi) is 38.5. The number of carbonyl (C=O) groups is 10. The zero-order chi connectivity index (χ0) is 86.5. The quantitative estimate of drug-likeness (QED) is 0.0458. The first-order valence-corrected chi connectivity index (χ1v) is 48.4. The van der Waals surface area contributed by atoms with Crippen LogP contribution in [0.4, 0.5) is 0 Å². The summed E-state index contributed by atoms with van der Waals surface area (Å²) in [6.07, 6.45) is 35.7. The Hall–Kier alpha value is -3.17. The van der Waals surface area contributed by atoms with Gasteiger partial charge in [-0.3, -0.25) is 47.9 Å². The fourth-order valence-electron chi connectivity index (χ4n) is 30.1. The Morgan fingerprint density at radius 3 is 1.00 bits per heavy atom. The average molecular weight is 1750 g/mol. The molecule has 0 heterocycles. The van der Waals surface area contributed by atoms with Gasteiger partial charge in [0.05, 0.1) is 24.2 Å². The van der Waals surface area contributed by atoms with Gasteiger partial charge in [-0.15, -0.1) is 0 Å². The fourth-order valence-corrected chi connectivity index (χ4v) is 30.1. The molecule has 0 bridgehead atoms. The number of nitrogens with two attached hydrogens (primary N) is 1. The van der Waals surface area contributed by atoms with Crippen molar-refractivity contribution in [2.24, 2.45) is 162 Å². The van der Waals surface area contributed by atoms with Crippen LogP contribution in [0.15, 0.2) is 0 Å². The molecule has 12 aliphatic rings. The molecule has 12 fully saturated rings. The van der Waals surface area contributed by atoms with Gasteiger partial charge < -0.3 is 34.9 Å². The Morgan fingerprint density at radius 2 is 0.694 bits per heavy atom. The topological polar surface area (TPSA) is 251 Å². The molecule has 12 rings (SSSR count). The standard InChI is InChI=1S/2C34H57NO4.C33H53NO6.3H2S/c1-22(2)19-24(20-26(37)9-8-18-35(6)7)32(38)39-27-14-16-33(4)25(21-27)10-11-28-30-13-12-29(23(3)36)34(30,5)17-15-31(28)33;1-8-22(2)28(21-25(37)10-9-19-35(6)7)32(38)39-26-15-17-33(4)24(20-26)11-12-27-30-14-13-29(23(3)36)34(30,5)18-16-31(27)33;1-19(2)14-21(15-24(36)17-23(34)18-30(37)38)31(39)40-25-10-12-32(4)22(16-25)6-7-26-28-9-8-27(20(3)35)33(28,5)13-11-29(26)32;;;/h22,24-25,27-31H,8-21H2,1-7H3;22,24,26-31H,8-21H2,1-7H3;19,21-23,25-29H,6-18,34H2,1-5H3,(H,37,38);3*1H2/t24-,25+,27-,28+,29-,30+,31+,33+,34-;22?,24-,26+,27-,28-,29+,30-,31-,33-,34+;21-,22+,23+,25-,26+,27-,28+,29+,32+,33-;;;/m101.../s1. The van der Waals surface area contributed by atoms with E-state index in [1.54, 1.807) is 6.92 Å². The molecule has 0 aromatic rings. The number of ether oxygens (including phenoxy) is 3. The molecule has 12 saturated carbocycles. The lowest BCUT2D eigenvalue weighted by atomic mass is 9.44. The molecule has 0 spiro atoms. The molecular formula is C101H173N3O14S3. The SMILES string of the molecule is CC(=O)[C@H]1CC[C@H]2[C@@H]3CC[C@H]4C[C@H](OC(=O)[C@@H](CC(=O)CCCN(C)C)CC(C)C)CC[C@]4(C)[C@H]3CC[C@]12C.CC(=O)[C@H]1CC[C@H]2[C@@H]3CC[C@H]4C[C@H](OC(=O)[C@@H](CC(=O)C[C@H](N)CC(=O)O)CC(C)C)CC[C@]4(C)[C@H]3CC[C@]12C.CCC(C)[C@H](CC(=O)CCCN(C)C)C(=O)O[C@@H]1CC[C@@]2(C)[C@@H](CC[C@@H]3[C@@H]2CC[C@]2(C)[C@@H](C(C)=O)CC[C@@H]32)C1.S.S.S. The third-order valence-electron chi connectivity index (χ3n) is 36.4. The molecule has 12 aliphatic carbocycles. The second-order valence-corrected chi connectivity index (χ2v) is 45.1. The highest BCUT2D eigenvalue weighted by Crippen LogP contribution is 2.71. The number of hydrogen-bond acceptors (Lipinski definition) is 16. The largest absolute Gasteiger partial charge is 0.481 e. The number of carboxylic acid groups (broad SMARTS) is 1. The van der Waals surface area contributed by atoms with Crippen molar-refractivity contribution in [3.05, 3.63) is 0 Å². The lowest BCUT2D eigenvalue weighted by Crippen LogP contribution is -2.54. The predicted molar refractivity (Wildman–Crippen MR) is 497 cm³/mol. The summed E-state index contributed by atoms with van der Waals surface area (Å²) in [4.78, 5) is 131. The first kappa shape index (κ1) is 105. The number of nitrogens with zero attached hydrogens (tertiary/aromatic N) is 2. The molecule has 0 radical (unpaired) electrons. The first-order valence-electron chi connectivity index (χ1n) is 48.4. The highest BCUT2D eigenvalue weighted by Gasteiger charge is 2.65. The van der Waals surface area contributed by atoms with E-state index >= 15 is 0 Å². The van der Waals surface area contributed by atoms with Crippen LogP contribution in [0.25, 0.3) is 0 Å². The molecule has 1 unspecified atom stereocenters. The van der Waals surface area contributed by atoms with Crippen LogP contribution >= 0.6 is 40.5 Å². The summed E-state index contributed by atoms with van der Waals surface area (Å²) in [6.45, 7) is 34.6. The number of Topliss-reactive ketones (excluding diaryl/α,β-unsaturated/α-hetero) is 6. The van der Waals surface area contributed by atoms with Crippen molar-refractivity contribution in [2.45, 2.75) is 379 Å². The summed E-state index contributed by atoms with van der Waals surface area (Å²) in [5, 5.41) is 8.94. The van der Waals surface area contributed by atoms with Crippen molar-refractivity contribution in [2.75, 3.05) is 41.3 Å². The summed E-state index contributed by atoms with van der Waals surface area (Å²) >= 11 is 0. The maximum Gasteiger partial charge on any atom is 0.309 e. The number of carboxylic acids is 1. The van der Waals surface area contributed by atoms with Gasteiger partial charge in [-0.1, -0.05) is 89.5 Å². The second-order valence-electron chi connectivity index (χ2n) is 45.1. The average Bonchev–Trinajstić information content (AvgIpc) is 1.47. The molecule has 0 aliphatic heterocycles. The van der Waals surface area contributed by atoms with Crippen LogP contribution in [0.5, 0.6) is 0 Å². The smallest absolute Gasteiger partial charge is 0.309 e. The molecule has 20 heteroatoms. The van der Waals surface area contributed by atoms with E-state index in [9.17, 15) is 47.9 Å². The number of fused-ring (bicyclic) bond motifs is 15. The summed E-state index contributed by atoms with van der Waals surface area (Å²) in [5.41, 5.74) is 7.30. The van der Waals surface area contributed by atoms with E-state index in [-0.39, 0.29) is 176 Å². The first-order chi connectivity index (χ1) is 55.5. The number of aliphatic carboxylic acids is 1. The van der Waals surface area contributed by atoms with E-state index in [2.05, 4.69) is 79.0 Å². The van der Waals surface area contributed by atoms with Crippen LogP contribution in [0.1, 0.15) is 354 Å². The maximum absolute atomic E-state index is 13.4. The second kappa shape index (κ2) is 44.4. The highest BCUT2D eigenvalue weighted by molar-refractivity contribution is 7.59. The molecule has 0 aromatic heterocycles. The summed E-state index contributed by atoms with van der Waals surface area (Å²) in [7, 11) is 8.09. The number of esters is 3. The molecule has 0 aromatic carbocycles. The molecule has 17 nitrogen and oxygen atoms in total. The van der Waals surface area contributed by atoms with E-state index < -0.39 is 17.9 Å². The monoisotopic (exact) mass is 1750 g/mol. The van der Waals surface area contributed by atoms with E-state index in [4.69, 9.17) is 25.1 Å². The number of rotatable bonds is 33. The summed E-state index contributed by atoms with van der Waals surface area (Å²) in [6, 6.07) is -0.734. The third-order valence-corrected chi connectivity index (χ3v) is 36.4. The van der Waals surface area contributed by atoms with E-state index in [0.29, 0.717) is 114 Å². The van der Waals surface area contributed by atoms with Crippen LogP contribution in [0.3, 0.4) is 0 Å². The van der Waals surface area contributed by atoms with Crippen LogP contribution in [-0.2, 0) is 62.2 Å². The Morgan fingerprint density at radius 1 is 0.388 bits per heavy atom. The van der Waals surface area contributed by atoms with Gasteiger partial charge in [0.2, 0.25) is 0 Å². The van der Waals surface area contributed by atoms with Gasteiger partial charge in [0.15, 0.2) is 0 Å². The van der Waals surface area contributed by atoms with Crippen molar-refractivity contribution in [3.8, 4) is 0 Å². The molecular weight excluding hydrogens is 1580 g/mol. The molecule has 29 atom stereocenters. The van der Waals surface area contributed by atoms with E-state index in [1.807, 2.05) is 55.9 Å². The third kappa shape index (κ3) is 24.1.